The molecule has 0 saturated carbocycles. The van der Waals surface area contributed by atoms with Gasteiger partial charge in [-0.3, -0.25) is 0 Å². The van der Waals surface area contributed by atoms with Crippen LogP contribution in [0.4, 0.5) is 10.1 Å². The van der Waals surface area contributed by atoms with Crippen molar-refractivity contribution >= 4 is 5.69 Å². The van der Waals surface area contributed by atoms with Crippen molar-refractivity contribution in [1.29, 1.82) is 0 Å². The summed E-state index contributed by atoms with van der Waals surface area (Å²) < 4.78 is 20.1. The zero-order chi connectivity index (χ0) is 14.0. The second kappa shape index (κ2) is 5.47. The zero-order valence-corrected chi connectivity index (χ0v) is 11.9. The predicted octanol–water partition coefficient (Wildman–Crippen LogP) is 2.33. The Morgan fingerprint density at radius 1 is 1.47 bits per heavy atom. The van der Waals surface area contributed by atoms with E-state index in [0.717, 1.165) is 12.1 Å². The lowest BCUT2D eigenvalue weighted by atomic mass is 10.0. The highest BCUT2D eigenvalue weighted by Gasteiger charge is 2.32. The van der Waals surface area contributed by atoms with Gasteiger partial charge < -0.3 is 15.4 Å². The first-order valence-electron chi connectivity index (χ1n) is 6.82. The van der Waals surface area contributed by atoms with Gasteiger partial charge in [0, 0.05) is 13.1 Å². The van der Waals surface area contributed by atoms with E-state index in [1.165, 1.54) is 0 Å². The Bertz CT molecular complexity index is 448. The molecule has 1 atom stereocenters. The maximum absolute atomic E-state index is 14.2. The summed E-state index contributed by atoms with van der Waals surface area (Å²) in [5.41, 5.74) is 6.85. The second-order valence-electron chi connectivity index (χ2n) is 5.89. The minimum absolute atomic E-state index is 0.104. The molecule has 1 aliphatic heterocycles. The minimum atomic E-state index is -0.250. The molecular weight excluding hydrogens is 243 g/mol. The minimum Gasteiger partial charge on any atom is -0.369 e. The van der Waals surface area contributed by atoms with Gasteiger partial charge in [-0.25, -0.2) is 4.39 Å². The summed E-state index contributed by atoms with van der Waals surface area (Å²) in [6.07, 6.45) is 0.814. The summed E-state index contributed by atoms with van der Waals surface area (Å²) in [7, 11) is 0. The molecule has 1 unspecified atom stereocenters. The highest BCUT2D eigenvalue weighted by atomic mass is 19.1. The number of nitrogens with zero attached hydrogens (tertiary/aromatic N) is 1. The second-order valence-corrected chi connectivity index (χ2v) is 5.89. The Balaban J connectivity index is 2.21. The third-order valence-electron chi connectivity index (χ3n) is 3.36. The SMILES string of the molecule is CC1CN(c2ccc(CCN)cc2F)CC(C)(C)O1. The Morgan fingerprint density at radius 2 is 2.21 bits per heavy atom. The molecule has 1 fully saturated rings. The first kappa shape index (κ1) is 14.3. The molecule has 2 rings (SSSR count). The Labute approximate surface area is 114 Å². The molecule has 1 saturated heterocycles. The maximum atomic E-state index is 14.2. The van der Waals surface area contributed by atoms with Crippen molar-refractivity contribution in [1.82, 2.24) is 0 Å². The first-order chi connectivity index (χ1) is 8.91. The van der Waals surface area contributed by atoms with E-state index in [1.54, 1.807) is 6.07 Å². The van der Waals surface area contributed by atoms with Crippen LogP contribution in [0.15, 0.2) is 18.2 Å². The van der Waals surface area contributed by atoms with Gasteiger partial charge in [-0.1, -0.05) is 6.07 Å². The highest BCUT2D eigenvalue weighted by Crippen LogP contribution is 2.28. The Kier molecular flexibility index (Phi) is 4.11. The summed E-state index contributed by atoms with van der Waals surface area (Å²) in [5, 5.41) is 0. The Morgan fingerprint density at radius 3 is 2.79 bits per heavy atom. The summed E-state index contributed by atoms with van der Waals surface area (Å²) in [6.45, 7) is 8.06. The molecule has 1 aliphatic rings. The van der Waals surface area contributed by atoms with E-state index >= 15 is 0 Å². The Hall–Kier alpha value is -1.13. The normalized spacial score (nSPS) is 22.6. The van der Waals surface area contributed by atoms with E-state index in [4.69, 9.17) is 10.5 Å². The lowest BCUT2D eigenvalue weighted by molar-refractivity contribution is -0.0751. The van der Waals surface area contributed by atoms with Crippen molar-refractivity contribution < 1.29 is 9.13 Å². The molecule has 2 N–H and O–H groups in total. The van der Waals surface area contributed by atoms with Gasteiger partial charge in [0.15, 0.2) is 0 Å². The third-order valence-corrected chi connectivity index (χ3v) is 3.36. The molecule has 0 radical (unpaired) electrons. The van der Waals surface area contributed by atoms with Gasteiger partial charge >= 0.3 is 0 Å². The standard InChI is InChI=1S/C15H23FN2O/c1-11-9-18(10-15(2,3)19-11)14-5-4-12(6-7-17)8-13(14)16/h4-5,8,11H,6-7,9-10,17H2,1-3H3. The fourth-order valence-corrected chi connectivity index (χ4v) is 2.77. The molecule has 106 valence electrons. The van der Waals surface area contributed by atoms with Gasteiger partial charge in [-0.15, -0.1) is 0 Å². The lowest BCUT2D eigenvalue weighted by Gasteiger charge is -2.43. The molecule has 0 amide bonds. The average Bonchev–Trinajstić information content (AvgIpc) is 2.26. The van der Waals surface area contributed by atoms with E-state index in [1.807, 2.05) is 32.9 Å². The fourth-order valence-electron chi connectivity index (χ4n) is 2.77. The number of rotatable bonds is 3. The number of ether oxygens (including phenoxy) is 1. The van der Waals surface area contributed by atoms with E-state index in [-0.39, 0.29) is 17.5 Å². The molecular formula is C15H23FN2O. The van der Waals surface area contributed by atoms with Crippen LogP contribution in [0.1, 0.15) is 26.3 Å². The molecule has 0 aliphatic carbocycles. The topological polar surface area (TPSA) is 38.5 Å². The van der Waals surface area contributed by atoms with Crippen LogP contribution in [0.25, 0.3) is 0 Å². The van der Waals surface area contributed by atoms with Crippen molar-refractivity contribution in [2.45, 2.75) is 38.9 Å². The van der Waals surface area contributed by atoms with Gasteiger partial charge in [-0.05, 0) is 51.4 Å². The van der Waals surface area contributed by atoms with Gasteiger partial charge in [0.1, 0.15) is 5.82 Å². The fraction of sp³-hybridized carbons (Fsp3) is 0.600. The molecule has 19 heavy (non-hydrogen) atoms. The summed E-state index contributed by atoms with van der Waals surface area (Å²) in [5.74, 6) is -0.171. The summed E-state index contributed by atoms with van der Waals surface area (Å²) >= 11 is 0. The molecule has 3 nitrogen and oxygen atoms in total. The molecule has 1 aromatic rings. The molecule has 4 heteroatoms. The van der Waals surface area contributed by atoms with Gasteiger partial charge in [0.2, 0.25) is 0 Å². The van der Waals surface area contributed by atoms with E-state index < -0.39 is 0 Å². The van der Waals surface area contributed by atoms with Crippen LogP contribution in [0.5, 0.6) is 0 Å². The van der Waals surface area contributed by atoms with Gasteiger partial charge in [0.05, 0.1) is 17.4 Å². The van der Waals surface area contributed by atoms with E-state index in [2.05, 4.69) is 4.90 Å². The summed E-state index contributed by atoms with van der Waals surface area (Å²) in [6, 6.07) is 5.40. The van der Waals surface area contributed by atoms with Crippen molar-refractivity contribution in [3.63, 3.8) is 0 Å². The van der Waals surface area contributed by atoms with Gasteiger partial charge in [-0.2, -0.15) is 0 Å². The van der Waals surface area contributed by atoms with Crippen LogP contribution < -0.4 is 10.6 Å². The zero-order valence-electron chi connectivity index (χ0n) is 11.9. The van der Waals surface area contributed by atoms with E-state index in [0.29, 0.717) is 25.2 Å². The van der Waals surface area contributed by atoms with Crippen LogP contribution >= 0.6 is 0 Å². The van der Waals surface area contributed by atoms with Crippen LogP contribution in [0, 0.1) is 5.82 Å². The molecule has 0 bridgehead atoms. The van der Waals surface area contributed by atoms with Crippen molar-refractivity contribution in [3.8, 4) is 0 Å². The lowest BCUT2D eigenvalue weighted by Crippen LogP contribution is -2.52. The summed E-state index contributed by atoms with van der Waals surface area (Å²) in [4.78, 5) is 2.07. The van der Waals surface area contributed by atoms with Crippen LogP contribution in [-0.4, -0.2) is 31.3 Å². The van der Waals surface area contributed by atoms with Crippen LogP contribution in [-0.2, 0) is 11.2 Å². The third kappa shape index (κ3) is 3.45. The molecule has 1 heterocycles. The number of halogens is 1. The quantitative estimate of drug-likeness (QED) is 0.912. The van der Waals surface area contributed by atoms with Gasteiger partial charge in [0.25, 0.3) is 0 Å². The average molecular weight is 266 g/mol. The van der Waals surface area contributed by atoms with E-state index in [9.17, 15) is 4.39 Å². The number of anilines is 1. The van der Waals surface area contributed by atoms with Crippen LogP contribution in [0.2, 0.25) is 0 Å². The molecule has 0 spiro atoms. The number of hydrogen-bond donors (Lipinski definition) is 1. The molecule has 0 aromatic heterocycles. The number of hydrogen-bond acceptors (Lipinski definition) is 3. The molecule has 1 aromatic carbocycles. The smallest absolute Gasteiger partial charge is 0.146 e. The monoisotopic (exact) mass is 266 g/mol. The number of morpholine rings is 1. The van der Waals surface area contributed by atoms with Crippen LogP contribution in [0.3, 0.4) is 0 Å². The largest absolute Gasteiger partial charge is 0.369 e. The number of benzene rings is 1. The van der Waals surface area contributed by atoms with Crippen molar-refractivity contribution in [2.75, 3.05) is 24.5 Å². The van der Waals surface area contributed by atoms with Crippen molar-refractivity contribution in [3.05, 3.63) is 29.6 Å². The maximum Gasteiger partial charge on any atom is 0.146 e. The van der Waals surface area contributed by atoms with Crippen molar-refractivity contribution in [2.24, 2.45) is 5.73 Å². The highest BCUT2D eigenvalue weighted by molar-refractivity contribution is 5.50. The predicted molar refractivity (Wildman–Crippen MR) is 76.0 cm³/mol. The first-order valence-corrected chi connectivity index (χ1v) is 6.82. The number of nitrogens with two attached hydrogens (primary N) is 1.